The van der Waals surface area contributed by atoms with E-state index in [4.69, 9.17) is 0 Å². The minimum Gasteiger partial charge on any atom is -0.335 e. The van der Waals surface area contributed by atoms with E-state index >= 15 is 0 Å². The Balaban J connectivity index is 1.37. The highest BCUT2D eigenvalue weighted by atomic mass is 32.2. The average molecular weight is 440 g/mol. The first-order chi connectivity index (χ1) is 15.0. The molecule has 0 spiro atoms. The Kier molecular flexibility index (Phi) is 6.22. The number of piperazine rings is 1. The van der Waals surface area contributed by atoms with E-state index in [9.17, 15) is 14.0 Å². The van der Waals surface area contributed by atoms with Crippen molar-refractivity contribution in [1.82, 2.24) is 19.4 Å². The standard InChI is InChI=1S/C22H22FN5O2S/c1-31-22-24-9-10-28(22)19-4-2-3-16(15-19)20(29)26-11-13-27(14-12-26)21(30)25-18-7-5-17(23)6-8-18/h2-10,15H,11-14H2,1H3,(H,25,30). The number of carbonyl (C=O) groups is 2. The van der Waals surface area contributed by atoms with Crippen LogP contribution >= 0.6 is 11.8 Å². The molecule has 0 unspecified atom stereocenters. The molecular formula is C22H22FN5O2S. The summed E-state index contributed by atoms with van der Waals surface area (Å²) in [5.41, 5.74) is 2.01. The van der Waals surface area contributed by atoms with Gasteiger partial charge in [0.1, 0.15) is 5.82 Å². The van der Waals surface area contributed by atoms with Crippen LogP contribution in [0.25, 0.3) is 5.69 Å². The van der Waals surface area contributed by atoms with Crippen molar-refractivity contribution in [2.24, 2.45) is 0 Å². The summed E-state index contributed by atoms with van der Waals surface area (Å²) in [6.45, 7) is 1.75. The van der Waals surface area contributed by atoms with Gasteiger partial charge in [0.2, 0.25) is 0 Å². The minimum absolute atomic E-state index is 0.0636. The van der Waals surface area contributed by atoms with Crippen molar-refractivity contribution < 1.29 is 14.0 Å². The third kappa shape index (κ3) is 4.72. The van der Waals surface area contributed by atoms with E-state index < -0.39 is 0 Å². The van der Waals surface area contributed by atoms with Gasteiger partial charge in [-0.2, -0.15) is 0 Å². The van der Waals surface area contributed by atoms with Gasteiger partial charge in [0.15, 0.2) is 5.16 Å². The number of nitrogens with one attached hydrogen (secondary N) is 1. The molecule has 1 saturated heterocycles. The van der Waals surface area contributed by atoms with Crippen molar-refractivity contribution in [3.05, 3.63) is 72.3 Å². The molecule has 0 bridgehead atoms. The van der Waals surface area contributed by atoms with Crippen LogP contribution in [0.5, 0.6) is 0 Å². The molecule has 0 aliphatic carbocycles. The van der Waals surface area contributed by atoms with E-state index in [1.54, 1.807) is 22.1 Å². The molecule has 3 aromatic rings. The van der Waals surface area contributed by atoms with Crippen LogP contribution in [0.15, 0.2) is 66.1 Å². The van der Waals surface area contributed by atoms with E-state index in [2.05, 4.69) is 10.3 Å². The summed E-state index contributed by atoms with van der Waals surface area (Å²) in [5.74, 6) is -0.418. The zero-order chi connectivity index (χ0) is 21.8. The molecule has 1 aliphatic heterocycles. The number of halogens is 1. The number of thioether (sulfide) groups is 1. The predicted octanol–water partition coefficient (Wildman–Crippen LogP) is 3.72. The largest absolute Gasteiger partial charge is 0.335 e. The van der Waals surface area contributed by atoms with Gasteiger partial charge in [-0.15, -0.1) is 0 Å². The molecule has 1 fully saturated rings. The Morgan fingerprint density at radius 2 is 1.74 bits per heavy atom. The van der Waals surface area contributed by atoms with Gasteiger partial charge >= 0.3 is 6.03 Å². The van der Waals surface area contributed by atoms with E-state index in [0.29, 0.717) is 37.4 Å². The Morgan fingerprint density at radius 3 is 2.45 bits per heavy atom. The Bertz CT molecular complexity index is 1080. The number of carbonyl (C=O) groups excluding carboxylic acids is 2. The number of amides is 3. The summed E-state index contributed by atoms with van der Waals surface area (Å²) in [6, 6.07) is 12.8. The van der Waals surface area contributed by atoms with Gasteiger partial charge in [0.05, 0.1) is 0 Å². The van der Waals surface area contributed by atoms with E-state index in [1.807, 2.05) is 35.2 Å². The quantitative estimate of drug-likeness (QED) is 0.629. The van der Waals surface area contributed by atoms with Crippen LogP contribution < -0.4 is 5.32 Å². The van der Waals surface area contributed by atoms with Crippen LogP contribution in [-0.4, -0.2) is 63.7 Å². The van der Waals surface area contributed by atoms with Gasteiger partial charge in [-0.25, -0.2) is 14.2 Å². The van der Waals surface area contributed by atoms with Crippen molar-refractivity contribution in [3.63, 3.8) is 0 Å². The van der Waals surface area contributed by atoms with Crippen molar-refractivity contribution >= 4 is 29.4 Å². The highest BCUT2D eigenvalue weighted by molar-refractivity contribution is 7.98. The number of anilines is 1. The normalized spacial score (nSPS) is 13.9. The number of rotatable bonds is 4. The lowest BCUT2D eigenvalue weighted by Gasteiger charge is -2.34. The molecule has 9 heteroatoms. The Morgan fingerprint density at radius 1 is 1.03 bits per heavy atom. The maximum absolute atomic E-state index is 13.0. The highest BCUT2D eigenvalue weighted by Gasteiger charge is 2.25. The molecule has 2 heterocycles. The van der Waals surface area contributed by atoms with Crippen LogP contribution in [0.4, 0.5) is 14.9 Å². The van der Waals surface area contributed by atoms with Crippen LogP contribution in [0.2, 0.25) is 0 Å². The van der Waals surface area contributed by atoms with Gasteiger partial charge < -0.3 is 15.1 Å². The number of urea groups is 1. The third-order valence-corrected chi connectivity index (χ3v) is 5.78. The van der Waals surface area contributed by atoms with E-state index in [-0.39, 0.29) is 17.8 Å². The highest BCUT2D eigenvalue weighted by Crippen LogP contribution is 2.20. The number of aromatic nitrogens is 2. The summed E-state index contributed by atoms with van der Waals surface area (Å²) in [6.07, 6.45) is 5.56. The molecule has 0 radical (unpaired) electrons. The Labute approximate surface area is 183 Å². The first kappa shape index (κ1) is 20.9. The summed E-state index contributed by atoms with van der Waals surface area (Å²) >= 11 is 1.54. The fourth-order valence-electron chi connectivity index (χ4n) is 3.46. The maximum atomic E-state index is 13.0. The topological polar surface area (TPSA) is 70.5 Å². The minimum atomic E-state index is -0.355. The molecule has 7 nitrogen and oxygen atoms in total. The lowest BCUT2D eigenvalue weighted by molar-refractivity contribution is 0.0671. The first-order valence-corrected chi connectivity index (χ1v) is 11.1. The lowest BCUT2D eigenvalue weighted by atomic mass is 10.1. The van der Waals surface area contributed by atoms with Gasteiger partial charge in [-0.1, -0.05) is 17.8 Å². The van der Waals surface area contributed by atoms with Crippen LogP contribution in [0.1, 0.15) is 10.4 Å². The lowest BCUT2D eigenvalue weighted by Crippen LogP contribution is -2.51. The molecular weight excluding hydrogens is 417 g/mol. The molecule has 1 N–H and O–H groups in total. The molecule has 0 saturated carbocycles. The summed E-state index contributed by atoms with van der Waals surface area (Å²) in [5, 5.41) is 3.61. The van der Waals surface area contributed by atoms with Crippen molar-refractivity contribution in [3.8, 4) is 5.69 Å². The zero-order valence-corrected chi connectivity index (χ0v) is 17.8. The number of hydrogen-bond acceptors (Lipinski definition) is 4. The first-order valence-electron chi connectivity index (χ1n) is 9.84. The number of benzene rings is 2. The monoisotopic (exact) mass is 439 g/mol. The fraction of sp³-hybridized carbons (Fsp3) is 0.227. The molecule has 4 rings (SSSR count). The summed E-state index contributed by atoms with van der Waals surface area (Å²) < 4.78 is 15.0. The molecule has 0 atom stereocenters. The van der Waals surface area contributed by atoms with Crippen molar-refractivity contribution in [2.45, 2.75) is 5.16 Å². The van der Waals surface area contributed by atoms with Crippen LogP contribution in [-0.2, 0) is 0 Å². The number of hydrogen-bond donors (Lipinski definition) is 1. The predicted molar refractivity (Wildman–Crippen MR) is 118 cm³/mol. The molecule has 160 valence electrons. The second kappa shape index (κ2) is 9.22. The van der Waals surface area contributed by atoms with Crippen LogP contribution in [0.3, 0.4) is 0 Å². The molecule has 31 heavy (non-hydrogen) atoms. The van der Waals surface area contributed by atoms with Crippen LogP contribution in [0, 0.1) is 5.82 Å². The number of nitrogens with zero attached hydrogens (tertiary/aromatic N) is 4. The number of imidazole rings is 1. The molecule has 1 aromatic heterocycles. The zero-order valence-electron chi connectivity index (χ0n) is 17.0. The maximum Gasteiger partial charge on any atom is 0.321 e. The average Bonchev–Trinajstić information content (AvgIpc) is 3.29. The van der Waals surface area contributed by atoms with E-state index in [1.165, 1.54) is 36.0 Å². The van der Waals surface area contributed by atoms with Gasteiger partial charge in [-0.05, 0) is 48.7 Å². The summed E-state index contributed by atoms with van der Waals surface area (Å²) in [7, 11) is 0. The van der Waals surface area contributed by atoms with Gasteiger partial charge in [0, 0.05) is 55.5 Å². The smallest absolute Gasteiger partial charge is 0.321 e. The third-order valence-electron chi connectivity index (χ3n) is 5.11. The SMILES string of the molecule is CSc1nccn1-c1cccc(C(=O)N2CCN(C(=O)Nc3ccc(F)cc3)CC2)c1. The van der Waals surface area contributed by atoms with Gasteiger partial charge in [-0.3, -0.25) is 9.36 Å². The molecule has 3 amide bonds. The second-order valence-electron chi connectivity index (χ2n) is 7.05. The van der Waals surface area contributed by atoms with E-state index in [0.717, 1.165) is 10.8 Å². The Hall–Kier alpha value is -3.33. The second-order valence-corrected chi connectivity index (χ2v) is 7.82. The fourth-order valence-corrected chi connectivity index (χ4v) is 3.99. The molecule has 2 aromatic carbocycles. The van der Waals surface area contributed by atoms with Gasteiger partial charge in [0.25, 0.3) is 5.91 Å². The summed E-state index contributed by atoms with van der Waals surface area (Å²) in [4.78, 5) is 33.2. The van der Waals surface area contributed by atoms with Crippen molar-refractivity contribution in [2.75, 3.05) is 37.8 Å². The molecule has 1 aliphatic rings. The van der Waals surface area contributed by atoms with Crippen molar-refractivity contribution in [1.29, 1.82) is 0 Å².